The van der Waals surface area contributed by atoms with E-state index in [-0.39, 0.29) is 11.8 Å². The molecule has 5 aromatic rings. The van der Waals surface area contributed by atoms with E-state index in [0.29, 0.717) is 28.9 Å². The third kappa shape index (κ3) is 3.18. The molecule has 4 aromatic heterocycles. The van der Waals surface area contributed by atoms with Crippen molar-refractivity contribution in [3.8, 4) is 10.6 Å². The van der Waals surface area contributed by atoms with Gasteiger partial charge >= 0.3 is 0 Å². The van der Waals surface area contributed by atoms with Gasteiger partial charge in [-0.2, -0.15) is 0 Å². The van der Waals surface area contributed by atoms with Gasteiger partial charge in [0, 0.05) is 19.0 Å². The standard InChI is InChI=1S/C24H21N5O2S/c1-14-21-16(12-19(20-9-5-11-32-20)27-23(21)31-28-14)24(30)29-10-4-6-15(13-29)22-25-17-7-2-3-8-18(17)26-22/h2-3,5,7-9,11-12,15H,4,6,10,13H2,1H3,(H,25,26). The molecule has 1 aromatic carbocycles. The van der Waals surface area contributed by atoms with Gasteiger partial charge < -0.3 is 14.4 Å². The molecule has 0 saturated carbocycles. The summed E-state index contributed by atoms with van der Waals surface area (Å²) in [5, 5.41) is 6.77. The molecule has 0 aliphatic carbocycles. The number of carbonyl (C=O) groups excluding carboxylic acids is 1. The van der Waals surface area contributed by atoms with Crippen molar-refractivity contribution >= 4 is 39.4 Å². The summed E-state index contributed by atoms with van der Waals surface area (Å²) in [7, 11) is 0. The van der Waals surface area contributed by atoms with E-state index in [1.165, 1.54) is 0 Å². The van der Waals surface area contributed by atoms with E-state index in [0.717, 1.165) is 46.8 Å². The molecule has 8 heteroatoms. The minimum absolute atomic E-state index is 0.0117. The number of nitrogens with zero attached hydrogens (tertiary/aromatic N) is 4. The second-order valence-electron chi connectivity index (χ2n) is 8.21. The smallest absolute Gasteiger partial charge is 0.259 e. The molecule has 1 aliphatic heterocycles. The van der Waals surface area contributed by atoms with E-state index in [9.17, 15) is 4.79 Å². The van der Waals surface area contributed by atoms with Crippen LogP contribution in [0.15, 0.2) is 52.4 Å². The highest BCUT2D eigenvalue weighted by atomic mass is 32.1. The lowest BCUT2D eigenvalue weighted by Crippen LogP contribution is -2.39. The number of hydrogen-bond donors (Lipinski definition) is 1. The molecule has 1 saturated heterocycles. The summed E-state index contributed by atoms with van der Waals surface area (Å²) in [4.78, 5) is 29.5. The largest absolute Gasteiger partial charge is 0.342 e. The van der Waals surface area contributed by atoms with Crippen LogP contribution in [0.1, 0.15) is 40.6 Å². The predicted molar refractivity (Wildman–Crippen MR) is 124 cm³/mol. The topological polar surface area (TPSA) is 87.9 Å². The van der Waals surface area contributed by atoms with Crippen LogP contribution in [0.25, 0.3) is 32.7 Å². The van der Waals surface area contributed by atoms with Crippen molar-refractivity contribution in [2.24, 2.45) is 0 Å². The number of nitrogens with one attached hydrogen (secondary N) is 1. The Morgan fingerprint density at radius 1 is 1.22 bits per heavy atom. The Balaban J connectivity index is 1.36. The van der Waals surface area contributed by atoms with Crippen LogP contribution in [-0.4, -0.2) is 44.0 Å². The number of carbonyl (C=O) groups is 1. The highest BCUT2D eigenvalue weighted by Gasteiger charge is 2.30. The predicted octanol–water partition coefficient (Wildman–Crippen LogP) is 5.16. The fraction of sp³-hybridized carbons (Fsp3) is 0.250. The Hall–Kier alpha value is -3.52. The average molecular weight is 444 g/mol. The van der Waals surface area contributed by atoms with Crippen molar-refractivity contribution in [2.75, 3.05) is 13.1 Å². The Morgan fingerprint density at radius 3 is 2.97 bits per heavy atom. The Kier molecular flexibility index (Phi) is 4.53. The maximum atomic E-state index is 13.7. The summed E-state index contributed by atoms with van der Waals surface area (Å²) >= 11 is 1.59. The summed E-state index contributed by atoms with van der Waals surface area (Å²) in [5.74, 6) is 1.11. The van der Waals surface area contributed by atoms with E-state index in [1.54, 1.807) is 11.3 Å². The number of hydrogen-bond acceptors (Lipinski definition) is 6. The molecule has 6 rings (SSSR count). The minimum Gasteiger partial charge on any atom is -0.342 e. The number of aromatic nitrogens is 4. The molecule has 0 spiro atoms. The lowest BCUT2D eigenvalue weighted by molar-refractivity contribution is 0.0707. The Labute approximate surface area is 188 Å². The van der Waals surface area contributed by atoms with Gasteiger partial charge in [-0.15, -0.1) is 11.3 Å². The van der Waals surface area contributed by atoms with Gasteiger partial charge in [-0.25, -0.2) is 9.97 Å². The van der Waals surface area contributed by atoms with Crippen LogP contribution in [-0.2, 0) is 0 Å². The van der Waals surface area contributed by atoms with Crippen molar-refractivity contribution in [2.45, 2.75) is 25.7 Å². The molecule has 1 N–H and O–H groups in total. The van der Waals surface area contributed by atoms with E-state index < -0.39 is 0 Å². The van der Waals surface area contributed by atoms with Crippen LogP contribution in [0.5, 0.6) is 0 Å². The first-order valence-electron chi connectivity index (χ1n) is 10.7. The lowest BCUT2D eigenvalue weighted by Gasteiger charge is -2.32. The van der Waals surface area contributed by atoms with Gasteiger partial charge in [-0.1, -0.05) is 23.4 Å². The molecule has 1 atom stereocenters. The first kappa shape index (κ1) is 19.2. The normalized spacial score (nSPS) is 16.8. The molecule has 0 radical (unpaired) electrons. The van der Waals surface area contributed by atoms with E-state index in [1.807, 2.05) is 59.7 Å². The molecule has 1 aliphatic rings. The van der Waals surface area contributed by atoms with Crippen LogP contribution < -0.4 is 0 Å². The second-order valence-corrected chi connectivity index (χ2v) is 9.16. The summed E-state index contributed by atoms with van der Waals surface area (Å²) < 4.78 is 5.45. The Morgan fingerprint density at radius 2 is 2.12 bits per heavy atom. The fourth-order valence-corrected chi connectivity index (χ4v) is 5.22. The molecule has 1 amide bonds. The summed E-state index contributed by atoms with van der Waals surface area (Å²) in [6, 6.07) is 13.9. The molecule has 1 fully saturated rings. The second kappa shape index (κ2) is 7.56. The monoisotopic (exact) mass is 443 g/mol. The number of H-pyrrole nitrogens is 1. The van der Waals surface area contributed by atoms with E-state index in [4.69, 9.17) is 9.51 Å². The number of piperidine rings is 1. The third-order valence-electron chi connectivity index (χ3n) is 6.12. The molecule has 1 unspecified atom stereocenters. The number of pyridine rings is 1. The zero-order valence-corrected chi connectivity index (χ0v) is 18.4. The first-order chi connectivity index (χ1) is 15.7. The number of imidazole rings is 1. The highest BCUT2D eigenvalue weighted by Crippen LogP contribution is 2.32. The van der Waals surface area contributed by atoms with Crippen molar-refractivity contribution in [1.29, 1.82) is 0 Å². The van der Waals surface area contributed by atoms with Crippen LogP contribution >= 0.6 is 11.3 Å². The summed E-state index contributed by atoms with van der Waals surface area (Å²) in [6.07, 6.45) is 1.93. The molecule has 160 valence electrons. The summed E-state index contributed by atoms with van der Waals surface area (Å²) in [6.45, 7) is 3.20. The van der Waals surface area contributed by atoms with Crippen molar-refractivity contribution in [3.63, 3.8) is 0 Å². The van der Waals surface area contributed by atoms with E-state index >= 15 is 0 Å². The molecule has 7 nitrogen and oxygen atoms in total. The summed E-state index contributed by atoms with van der Waals surface area (Å²) in [5.41, 5.74) is 4.41. The number of para-hydroxylation sites is 2. The number of benzene rings is 1. The highest BCUT2D eigenvalue weighted by molar-refractivity contribution is 7.13. The minimum atomic E-state index is -0.0117. The number of aryl methyl sites for hydroxylation is 1. The number of amides is 1. The van der Waals surface area contributed by atoms with E-state index in [2.05, 4.69) is 15.1 Å². The number of likely N-dealkylation sites (tertiary alicyclic amines) is 1. The Bertz CT molecular complexity index is 1400. The van der Waals surface area contributed by atoms with Gasteiger partial charge in [0.05, 0.1) is 38.2 Å². The molecule has 5 heterocycles. The SMILES string of the molecule is Cc1noc2nc(-c3cccs3)cc(C(=O)N3CCCC(c4nc5ccccc5[nH]4)C3)c12. The number of rotatable bonds is 3. The van der Waals surface area contributed by atoms with Crippen LogP contribution in [0.3, 0.4) is 0 Å². The van der Waals surface area contributed by atoms with Gasteiger partial charge in [0.25, 0.3) is 11.6 Å². The van der Waals surface area contributed by atoms with Crippen molar-refractivity contribution < 1.29 is 9.32 Å². The maximum absolute atomic E-state index is 13.7. The number of fused-ring (bicyclic) bond motifs is 2. The van der Waals surface area contributed by atoms with Gasteiger partial charge in [0.2, 0.25) is 0 Å². The average Bonchev–Trinajstić information content (AvgIpc) is 3.58. The first-order valence-corrected chi connectivity index (χ1v) is 11.6. The van der Waals surface area contributed by atoms with Crippen LogP contribution in [0.4, 0.5) is 0 Å². The van der Waals surface area contributed by atoms with Crippen molar-refractivity contribution in [3.05, 3.63) is 64.9 Å². The van der Waals surface area contributed by atoms with Crippen LogP contribution in [0.2, 0.25) is 0 Å². The van der Waals surface area contributed by atoms with Gasteiger partial charge in [0.1, 0.15) is 5.82 Å². The zero-order valence-electron chi connectivity index (χ0n) is 17.5. The quantitative estimate of drug-likeness (QED) is 0.416. The van der Waals surface area contributed by atoms with Gasteiger partial charge in [0.15, 0.2) is 0 Å². The van der Waals surface area contributed by atoms with Crippen molar-refractivity contribution in [1.82, 2.24) is 25.0 Å². The third-order valence-corrected chi connectivity index (χ3v) is 7.02. The molecular weight excluding hydrogens is 422 g/mol. The lowest BCUT2D eigenvalue weighted by atomic mass is 9.96. The molecular formula is C24H21N5O2S. The van der Waals surface area contributed by atoms with Crippen LogP contribution in [0, 0.1) is 6.92 Å². The van der Waals surface area contributed by atoms with Gasteiger partial charge in [-0.05, 0) is 49.4 Å². The number of aromatic amines is 1. The molecule has 0 bridgehead atoms. The molecule has 32 heavy (non-hydrogen) atoms. The maximum Gasteiger partial charge on any atom is 0.259 e. The van der Waals surface area contributed by atoms with Gasteiger partial charge in [-0.3, -0.25) is 4.79 Å². The zero-order chi connectivity index (χ0) is 21.7. The fourth-order valence-electron chi connectivity index (χ4n) is 4.53. The number of thiophene rings is 1.